The van der Waals surface area contributed by atoms with Crippen molar-refractivity contribution < 1.29 is 9.59 Å². The molecule has 0 saturated heterocycles. The summed E-state index contributed by atoms with van der Waals surface area (Å²) in [6, 6.07) is 8.29. The zero-order valence-electron chi connectivity index (χ0n) is 16.7. The van der Waals surface area contributed by atoms with E-state index >= 15 is 0 Å². The number of thioether (sulfide) groups is 1. The maximum Gasteiger partial charge on any atom is 0.263 e. The fraction of sp³-hybridized carbons (Fsp3) is 0.409. The molecule has 2 amide bonds. The van der Waals surface area contributed by atoms with Gasteiger partial charge in [0.2, 0.25) is 5.91 Å². The lowest BCUT2D eigenvalue weighted by Gasteiger charge is -2.32. The van der Waals surface area contributed by atoms with Crippen molar-refractivity contribution >= 4 is 23.6 Å². The molecule has 0 spiro atoms. The van der Waals surface area contributed by atoms with Crippen LogP contribution >= 0.6 is 11.8 Å². The first-order valence-corrected chi connectivity index (χ1v) is 10.8. The number of fused-ring (bicyclic) bond motifs is 1. The number of rotatable bonds is 5. The number of amides is 2. The summed E-state index contributed by atoms with van der Waals surface area (Å²) in [5.74, 6) is -0.615. The van der Waals surface area contributed by atoms with E-state index in [4.69, 9.17) is 5.73 Å². The van der Waals surface area contributed by atoms with Crippen molar-refractivity contribution in [2.24, 2.45) is 5.73 Å². The van der Waals surface area contributed by atoms with Gasteiger partial charge in [0.25, 0.3) is 11.5 Å². The van der Waals surface area contributed by atoms with E-state index in [2.05, 4.69) is 0 Å². The van der Waals surface area contributed by atoms with E-state index in [1.165, 1.54) is 5.56 Å². The van der Waals surface area contributed by atoms with Gasteiger partial charge in [0.15, 0.2) is 0 Å². The van der Waals surface area contributed by atoms with E-state index in [0.717, 1.165) is 23.3 Å². The topological polar surface area (TPSA) is 85.4 Å². The molecular weight excluding hydrogens is 386 g/mol. The van der Waals surface area contributed by atoms with Crippen molar-refractivity contribution in [3.05, 3.63) is 63.1 Å². The Morgan fingerprint density at radius 2 is 1.90 bits per heavy atom. The summed E-state index contributed by atoms with van der Waals surface area (Å²) >= 11 is 1.54. The Balaban J connectivity index is 1.56. The van der Waals surface area contributed by atoms with Gasteiger partial charge in [-0.2, -0.15) is 0 Å². The second-order valence-electron chi connectivity index (χ2n) is 7.90. The van der Waals surface area contributed by atoms with E-state index in [1.807, 2.05) is 49.2 Å². The van der Waals surface area contributed by atoms with Gasteiger partial charge in [0.1, 0.15) is 5.56 Å². The Hall–Kier alpha value is -2.54. The number of hydrogen-bond acceptors (Lipinski definition) is 4. The number of pyridine rings is 1. The fourth-order valence-corrected chi connectivity index (χ4v) is 4.82. The number of hydrogen-bond donors (Lipinski definition) is 1. The van der Waals surface area contributed by atoms with Crippen LogP contribution in [-0.2, 0) is 17.8 Å². The van der Waals surface area contributed by atoms with Crippen LogP contribution in [0.15, 0.2) is 40.2 Å². The minimum absolute atomic E-state index is 0.0611. The Bertz CT molecular complexity index is 1020. The quantitative estimate of drug-likeness (QED) is 0.767. The zero-order chi connectivity index (χ0) is 20.7. The molecule has 1 aromatic carbocycles. The Kier molecular flexibility index (Phi) is 5.25. The van der Waals surface area contributed by atoms with Gasteiger partial charge in [-0.1, -0.05) is 17.7 Å². The van der Waals surface area contributed by atoms with Crippen LogP contribution < -0.4 is 11.3 Å². The SMILES string of the molecule is Cc1ccc(SC(C)C(=O)N2CCc3c(cn(C4CC4)c(=O)c3C(N)=O)C2)cc1. The second-order valence-corrected chi connectivity index (χ2v) is 9.31. The predicted octanol–water partition coefficient (Wildman–Crippen LogP) is 2.66. The first-order valence-electron chi connectivity index (χ1n) is 9.94. The Morgan fingerprint density at radius 3 is 2.52 bits per heavy atom. The molecule has 2 aliphatic rings. The van der Waals surface area contributed by atoms with Crippen LogP contribution in [0.1, 0.15) is 52.9 Å². The van der Waals surface area contributed by atoms with Gasteiger partial charge in [-0.05, 0) is 56.4 Å². The minimum Gasteiger partial charge on any atom is -0.365 e. The highest BCUT2D eigenvalue weighted by atomic mass is 32.2. The molecule has 29 heavy (non-hydrogen) atoms. The van der Waals surface area contributed by atoms with Crippen LogP contribution in [0, 0.1) is 6.92 Å². The third-order valence-corrected chi connectivity index (χ3v) is 6.71. The van der Waals surface area contributed by atoms with Crippen LogP contribution in [0.4, 0.5) is 0 Å². The molecule has 7 heteroatoms. The lowest BCUT2D eigenvalue weighted by molar-refractivity contribution is -0.131. The molecule has 0 radical (unpaired) electrons. The summed E-state index contributed by atoms with van der Waals surface area (Å²) in [6.45, 7) is 4.84. The molecule has 1 atom stereocenters. The van der Waals surface area contributed by atoms with Gasteiger partial charge >= 0.3 is 0 Å². The van der Waals surface area contributed by atoms with Crippen molar-refractivity contribution in [1.29, 1.82) is 0 Å². The number of nitrogens with two attached hydrogens (primary N) is 1. The van der Waals surface area contributed by atoms with Crippen molar-refractivity contribution in [3.63, 3.8) is 0 Å². The number of aryl methyl sites for hydroxylation is 1. The summed E-state index contributed by atoms with van der Waals surface area (Å²) in [4.78, 5) is 40.6. The molecule has 0 bridgehead atoms. The molecule has 1 saturated carbocycles. The molecule has 2 aromatic rings. The molecular formula is C22H25N3O3S. The zero-order valence-corrected chi connectivity index (χ0v) is 17.5. The van der Waals surface area contributed by atoms with Crippen LogP contribution in [0.5, 0.6) is 0 Å². The summed E-state index contributed by atoms with van der Waals surface area (Å²) in [5, 5.41) is -0.218. The molecule has 2 heterocycles. The average Bonchev–Trinajstić information content (AvgIpc) is 3.53. The van der Waals surface area contributed by atoms with Gasteiger partial charge in [-0.15, -0.1) is 11.8 Å². The molecule has 1 aliphatic heterocycles. The van der Waals surface area contributed by atoms with Crippen LogP contribution in [0.25, 0.3) is 0 Å². The molecule has 1 fully saturated rings. The van der Waals surface area contributed by atoms with Crippen LogP contribution in [0.3, 0.4) is 0 Å². The number of benzene rings is 1. The first-order chi connectivity index (χ1) is 13.8. The van der Waals surface area contributed by atoms with E-state index < -0.39 is 5.91 Å². The number of carbonyl (C=O) groups excluding carboxylic acids is 2. The maximum absolute atomic E-state index is 13.0. The smallest absolute Gasteiger partial charge is 0.263 e. The number of primary amides is 1. The van der Waals surface area contributed by atoms with Crippen molar-refractivity contribution in [2.75, 3.05) is 6.54 Å². The van der Waals surface area contributed by atoms with Crippen molar-refractivity contribution in [3.8, 4) is 0 Å². The third-order valence-electron chi connectivity index (χ3n) is 5.61. The summed E-state index contributed by atoms with van der Waals surface area (Å²) in [5.41, 5.74) is 8.10. The minimum atomic E-state index is -0.677. The van der Waals surface area contributed by atoms with Crippen molar-refractivity contribution in [2.45, 2.75) is 55.8 Å². The largest absolute Gasteiger partial charge is 0.365 e. The first kappa shape index (κ1) is 19.8. The number of carbonyl (C=O) groups is 2. The fourth-order valence-electron chi connectivity index (χ4n) is 3.87. The number of aromatic nitrogens is 1. The third kappa shape index (κ3) is 3.96. The monoisotopic (exact) mass is 411 g/mol. The highest BCUT2D eigenvalue weighted by Crippen LogP contribution is 2.35. The van der Waals surface area contributed by atoms with E-state index in [0.29, 0.717) is 25.1 Å². The molecule has 1 unspecified atom stereocenters. The van der Waals surface area contributed by atoms with Gasteiger partial charge in [0, 0.05) is 30.2 Å². The van der Waals surface area contributed by atoms with Crippen LogP contribution in [0.2, 0.25) is 0 Å². The van der Waals surface area contributed by atoms with Crippen molar-refractivity contribution in [1.82, 2.24) is 9.47 Å². The average molecular weight is 412 g/mol. The molecule has 2 N–H and O–H groups in total. The molecule has 6 nitrogen and oxygen atoms in total. The maximum atomic E-state index is 13.0. The van der Waals surface area contributed by atoms with Gasteiger partial charge in [-0.25, -0.2) is 0 Å². The highest BCUT2D eigenvalue weighted by molar-refractivity contribution is 8.00. The lowest BCUT2D eigenvalue weighted by Crippen LogP contribution is -2.43. The second kappa shape index (κ2) is 7.71. The lowest BCUT2D eigenvalue weighted by atomic mass is 9.96. The van der Waals surface area contributed by atoms with E-state index in [1.54, 1.807) is 16.3 Å². The predicted molar refractivity (Wildman–Crippen MR) is 113 cm³/mol. The van der Waals surface area contributed by atoms with Crippen LogP contribution in [-0.4, -0.2) is 33.1 Å². The summed E-state index contributed by atoms with van der Waals surface area (Å²) < 4.78 is 1.64. The molecule has 1 aliphatic carbocycles. The highest BCUT2D eigenvalue weighted by Gasteiger charge is 2.32. The van der Waals surface area contributed by atoms with Gasteiger partial charge in [0.05, 0.1) is 5.25 Å². The van der Waals surface area contributed by atoms with E-state index in [-0.39, 0.29) is 28.3 Å². The Morgan fingerprint density at radius 1 is 1.21 bits per heavy atom. The molecule has 1 aromatic heterocycles. The molecule has 152 valence electrons. The Labute approximate surface area is 174 Å². The van der Waals surface area contributed by atoms with Gasteiger partial charge in [-0.3, -0.25) is 14.4 Å². The standard InChI is InChI=1S/C22H25N3O3S/c1-13-3-7-17(8-4-13)29-14(2)21(27)24-10-9-18-15(11-24)12-25(16-5-6-16)22(28)19(18)20(23)26/h3-4,7-8,12,14,16H,5-6,9-11H2,1-2H3,(H2,23,26). The summed E-state index contributed by atoms with van der Waals surface area (Å²) in [7, 11) is 0. The normalized spacial score (nSPS) is 17.0. The molecule has 4 rings (SSSR count). The van der Waals surface area contributed by atoms with Gasteiger partial charge < -0.3 is 15.2 Å². The van der Waals surface area contributed by atoms with E-state index in [9.17, 15) is 14.4 Å². The number of nitrogens with zero attached hydrogens (tertiary/aromatic N) is 2. The summed E-state index contributed by atoms with van der Waals surface area (Å²) in [6.07, 6.45) is 4.18.